The third kappa shape index (κ3) is 5.23. The number of carbonyl (C=O) groups excluding carboxylic acids is 3. The van der Waals surface area contributed by atoms with Crippen LogP contribution in [0.15, 0.2) is 53.4 Å². The molecule has 0 bridgehead atoms. The highest BCUT2D eigenvalue weighted by molar-refractivity contribution is 7.89. The SMILES string of the molecule is NS(=O)(=O)c1cccc(NC(=O)COC(=O)c2ccc(C=O)cc2)c1. The second-order valence-corrected chi connectivity index (χ2v) is 6.50. The first-order valence-corrected chi connectivity index (χ1v) is 8.49. The van der Waals surface area contributed by atoms with Crippen LogP contribution in [0.3, 0.4) is 0 Å². The summed E-state index contributed by atoms with van der Waals surface area (Å²) >= 11 is 0. The second kappa shape index (κ2) is 7.69. The molecule has 2 rings (SSSR count). The number of aldehydes is 1. The van der Waals surface area contributed by atoms with Crippen LogP contribution in [0, 0.1) is 0 Å². The predicted molar refractivity (Wildman–Crippen MR) is 88.6 cm³/mol. The van der Waals surface area contributed by atoms with E-state index in [-0.39, 0.29) is 16.1 Å². The van der Waals surface area contributed by atoms with E-state index < -0.39 is 28.5 Å². The summed E-state index contributed by atoms with van der Waals surface area (Å²) in [7, 11) is -3.89. The summed E-state index contributed by atoms with van der Waals surface area (Å²) < 4.78 is 27.4. The maximum Gasteiger partial charge on any atom is 0.338 e. The Bertz CT molecular complexity index is 906. The van der Waals surface area contributed by atoms with Crippen LogP contribution < -0.4 is 10.5 Å². The zero-order valence-corrected chi connectivity index (χ0v) is 13.7. The van der Waals surface area contributed by atoms with Crippen LogP contribution in [0.2, 0.25) is 0 Å². The number of nitrogens with one attached hydrogen (secondary N) is 1. The largest absolute Gasteiger partial charge is 0.452 e. The molecule has 9 heteroatoms. The average Bonchev–Trinajstić information content (AvgIpc) is 2.59. The molecule has 0 aromatic heterocycles. The summed E-state index contributed by atoms with van der Waals surface area (Å²) in [6, 6.07) is 11.0. The Balaban J connectivity index is 1.94. The van der Waals surface area contributed by atoms with Crippen molar-refractivity contribution >= 4 is 33.9 Å². The average molecular weight is 362 g/mol. The van der Waals surface area contributed by atoms with Gasteiger partial charge in [-0.15, -0.1) is 0 Å². The van der Waals surface area contributed by atoms with Gasteiger partial charge in [0.25, 0.3) is 5.91 Å². The van der Waals surface area contributed by atoms with E-state index in [0.717, 1.165) is 0 Å². The van der Waals surface area contributed by atoms with Gasteiger partial charge in [-0.05, 0) is 30.3 Å². The van der Waals surface area contributed by atoms with Gasteiger partial charge in [-0.3, -0.25) is 9.59 Å². The molecule has 3 N–H and O–H groups in total. The van der Waals surface area contributed by atoms with Gasteiger partial charge < -0.3 is 10.1 Å². The first-order valence-electron chi connectivity index (χ1n) is 6.94. The summed E-state index contributed by atoms with van der Waals surface area (Å²) in [6.45, 7) is -0.562. The molecule has 130 valence electrons. The van der Waals surface area contributed by atoms with Crippen molar-refractivity contribution in [3.63, 3.8) is 0 Å². The number of hydrogen-bond acceptors (Lipinski definition) is 6. The smallest absolute Gasteiger partial charge is 0.338 e. The minimum Gasteiger partial charge on any atom is -0.452 e. The molecule has 0 aliphatic heterocycles. The van der Waals surface area contributed by atoms with Crippen molar-refractivity contribution < 1.29 is 27.5 Å². The molecule has 0 atom stereocenters. The van der Waals surface area contributed by atoms with Gasteiger partial charge in [-0.1, -0.05) is 18.2 Å². The Kier molecular flexibility index (Phi) is 5.63. The molecule has 0 saturated carbocycles. The monoisotopic (exact) mass is 362 g/mol. The highest BCUT2D eigenvalue weighted by Gasteiger charge is 2.12. The van der Waals surface area contributed by atoms with Crippen LogP contribution in [-0.2, 0) is 19.6 Å². The molecule has 2 aromatic rings. The normalized spacial score (nSPS) is 10.8. The molecule has 8 nitrogen and oxygen atoms in total. The molecule has 0 radical (unpaired) electrons. The van der Waals surface area contributed by atoms with E-state index in [4.69, 9.17) is 9.88 Å². The predicted octanol–water partition coefficient (Wildman–Crippen LogP) is 0.942. The number of rotatable bonds is 6. The maximum absolute atomic E-state index is 11.8. The highest BCUT2D eigenvalue weighted by Crippen LogP contribution is 2.14. The summed E-state index contributed by atoms with van der Waals surface area (Å²) in [4.78, 5) is 34.0. The van der Waals surface area contributed by atoms with E-state index >= 15 is 0 Å². The number of esters is 1. The Morgan fingerprint density at radius 1 is 1.12 bits per heavy atom. The fourth-order valence-electron chi connectivity index (χ4n) is 1.86. The van der Waals surface area contributed by atoms with Crippen molar-refractivity contribution in [1.82, 2.24) is 0 Å². The molecule has 0 aliphatic carbocycles. The highest BCUT2D eigenvalue weighted by atomic mass is 32.2. The van der Waals surface area contributed by atoms with E-state index in [2.05, 4.69) is 5.32 Å². The Hall–Kier alpha value is -3.04. The van der Waals surface area contributed by atoms with Gasteiger partial charge in [0.15, 0.2) is 6.61 Å². The van der Waals surface area contributed by atoms with Crippen LogP contribution in [-0.4, -0.2) is 33.2 Å². The topological polar surface area (TPSA) is 133 Å². The molecular weight excluding hydrogens is 348 g/mol. The third-order valence-corrected chi connectivity index (χ3v) is 3.97. The molecule has 2 aromatic carbocycles. The first-order chi connectivity index (χ1) is 11.8. The molecule has 0 aliphatic rings. The standard InChI is InChI=1S/C16H14N2O6S/c17-25(22,23)14-3-1-2-13(8-14)18-15(20)10-24-16(21)12-6-4-11(9-19)5-7-12/h1-9H,10H2,(H,18,20)(H2,17,22,23). The summed E-state index contributed by atoms with van der Waals surface area (Å²) in [5, 5.41) is 7.41. The second-order valence-electron chi connectivity index (χ2n) is 4.94. The molecule has 25 heavy (non-hydrogen) atoms. The molecule has 0 spiro atoms. The van der Waals surface area contributed by atoms with Crippen LogP contribution in [0.25, 0.3) is 0 Å². The number of anilines is 1. The molecule has 0 saturated heterocycles. The lowest BCUT2D eigenvalue weighted by atomic mass is 10.1. The van der Waals surface area contributed by atoms with Crippen molar-refractivity contribution in [2.45, 2.75) is 4.90 Å². The number of primary sulfonamides is 1. The lowest BCUT2D eigenvalue weighted by Gasteiger charge is -2.08. The van der Waals surface area contributed by atoms with Crippen LogP contribution in [0.1, 0.15) is 20.7 Å². The quantitative estimate of drug-likeness (QED) is 0.580. The van der Waals surface area contributed by atoms with Gasteiger partial charge in [-0.25, -0.2) is 18.4 Å². The van der Waals surface area contributed by atoms with Gasteiger partial charge in [-0.2, -0.15) is 0 Å². The van der Waals surface area contributed by atoms with Gasteiger partial charge in [0.2, 0.25) is 10.0 Å². The van der Waals surface area contributed by atoms with Gasteiger partial charge >= 0.3 is 5.97 Å². The van der Waals surface area contributed by atoms with Crippen molar-refractivity contribution in [3.8, 4) is 0 Å². The Morgan fingerprint density at radius 2 is 1.80 bits per heavy atom. The zero-order chi connectivity index (χ0) is 18.4. The molecule has 0 fully saturated rings. The zero-order valence-electron chi connectivity index (χ0n) is 12.8. The number of benzene rings is 2. The fourth-order valence-corrected chi connectivity index (χ4v) is 2.42. The molecule has 1 amide bonds. The van der Waals surface area contributed by atoms with E-state index in [1.807, 2.05) is 0 Å². The van der Waals surface area contributed by atoms with E-state index in [1.54, 1.807) is 0 Å². The van der Waals surface area contributed by atoms with E-state index in [9.17, 15) is 22.8 Å². The maximum atomic E-state index is 11.8. The van der Waals surface area contributed by atoms with Gasteiger partial charge in [0.05, 0.1) is 10.5 Å². The summed E-state index contributed by atoms with van der Waals surface area (Å²) in [6.07, 6.45) is 0.637. The molecule has 0 unspecified atom stereocenters. The Morgan fingerprint density at radius 3 is 2.40 bits per heavy atom. The van der Waals surface area contributed by atoms with Gasteiger partial charge in [0.1, 0.15) is 6.29 Å². The minimum atomic E-state index is -3.89. The van der Waals surface area contributed by atoms with Gasteiger partial charge in [0, 0.05) is 11.3 Å². The summed E-state index contributed by atoms with van der Waals surface area (Å²) in [5.74, 6) is -1.38. The molecule has 0 heterocycles. The van der Waals surface area contributed by atoms with Crippen molar-refractivity contribution in [2.24, 2.45) is 5.14 Å². The van der Waals surface area contributed by atoms with E-state index in [0.29, 0.717) is 11.8 Å². The number of hydrogen-bond donors (Lipinski definition) is 2. The minimum absolute atomic E-state index is 0.155. The number of sulfonamides is 1. The lowest BCUT2D eigenvalue weighted by Crippen LogP contribution is -2.21. The molecular formula is C16H14N2O6S. The number of nitrogens with two attached hydrogens (primary N) is 1. The van der Waals surface area contributed by atoms with Crippen LogP contribution >= 0.6 is 0 Å². The first kappa shape index (κ1) is 18.3. The fraction of sp³-hybridized carbons (Fsp3) is 0.0625. The lowest BCUT2D eigenvalue weighted by molar-refractivity contribution is -0.119. The Labute approximate surface area is 143 Å². The van der Waals surface area contributed by atoms with Crippen molar-refractivity contribution in [1.29, 1.82) is 0 Å². The van der Waals surface area contributed by atoms with Crippen LogP contribution in [0.5, 0.6) is 0 Å². The van der Waals surface area contributed by atoms with Crippen LogP contribution in [0.4, 0.5) is 5.69 Å². The van der Waals surface area contributed by atoms with E-state index in [1.165, 1.54) is 48.5 Å². The van der Waals surface area contributed by atoms with Crippen molar-refractivity contribution in [2.75, 3.05) is 11.9 Å². The van der Waals surface area contributed by atoms with Crippen molar-refractivity contribution in [3.05, 3.63) is 59.7 Å². The summed E-state index contributed by atoms with van der Waals surface area (Å²) in [5.41, 5.74) is 0.793. The number of amides is 1. The third-order valence-electron chi connectivity index (χ3n) is 3.06. The number of ether oxygens (including phenoxy) is 1. The number of carbonyl (C=O) groups is 3.